The van der Waals surface area contributed by atoms with Crippen LogP contribution in [0.4, 0.5) is 14.9 Å². The average molecular weight is 281 g/mol. The van der Waals surface area contributed by atoms with E-state index in [4.69, 9.17) is 4.74 Å². The summed E-state index contributed by atoms with van der Waals surface area (Å²) in [4.78, 5) is 22.2. The summed E-state index contributed by atoms with van der Waals surface area (Å²) in [5.41, 5.74) is -1.42. The predicted molar refractivity (Wildman–Crippen MR) is 68.0 cm³/mol. The van der Waals surface area contributed by atoms with Gasteiger partial charge >= 0.3 is 6.09 Å². The topological polar surface area (TPSA) is 87.3 Å². The Morgan fingerprint density at radius 3 is 2.65 bits per heavy atom. The fraction of sp³-hybridized carbons (Fsp3) is 0.333. The molecule has 2 rings (SSSR count). The summed E-state index contributed by atoms with van der Waals surface area (Å²) in [6, 6.07) is 1.95. The van der Waals surface area contributed by atoms with E-state index in [1.165, 1.54) is 0 Å². The molecular formula is C12H12FN3O4. The van der Waals surface area contributed by atoms with Crippen LogP contribution in [-0.4, -0.2) is 26.4 Å². The van der Waals surface area contributed by atoms with Gasteiger partial charge in [0.25, 0.3) is 5.69 Å². The largest absolute Gasteiger partial charge is 0.442 e. The molecule has 2 aromatic rings. The number of benzene rings is 1. The van der Waals surface area contributed by atoms with Crippen molar-refractivity contribution in [3.8, 4) is 0 Å². The van der Waals surface area contributed by atoms with Crippen LogP contribution < -0.4 is 0 Å². The van der Waals surface area contributed by atoms with E-state index >= 15 is 0 Å². The van der Waals surface area contributed by atoms with Crippen LogP contribution in [0, 0.1) is 15.9 Å². The molecule has 0 atom stereocenters. The second kappa shape index (κ2) is 4.55. The summed E-state index contributed by atoms with van der Waals surface area (Å²) in [6.07, 6.45) is 0.155. The lowest BCUT2D eigenvalue weighted by molar-refractivity contribution is -0.383. The molecule has 0 saturated heterocycles. The van der Waals surface area contributed by atoms with Gasteiger partial charge in [-0.05, 0) is 26.8 Å². The first-order valence-corrected chi connectivity index (χ1v) is 5.74. The molecule has 0 radical (unpaired) electrons. The lowest BCUT2D eigenvalue weighted by Crippen LogP contribution is -2.27. The van der Waals surface area contributed by atoms with Gasteiger partial charge in [0.1, 0.15) is 11.4 Å². The number of fused-ring (bicyclic) bond motifs is 1. The molecule has 0 spiro atoms. The quantitative estimate of drug-likeness (QED) is 0.592. The van der Waals surface area contributed by atoms with Crippen molar-refractivity contribution >= 4 is 22.7 Å². The molecule has 0 bridgehead atoms. The highest BCUT2D eigenvalue weighted by atomic mass is 19.1. The fourth-order valence-corrected chi connectivity index (χ4v) is 1.68. The molecule has 0 aliphatic carbocycles. The van der Waals surface area contributed by atoms with E-state index in [9.17, 15) is 19.3 Å². The molecule has 0 N–H and O–H groups in total. The molecule has 0 amide bonds. The third-order valence-electron chi connectivity index (χ3n) is 2.42. The number of carbonyl (C=O) groups is 1. The second-order valence-electron chi connectivity index (χ2n) is 5.12. The minimum atomic E-state index is -0.902. The Morgan fingerprint density at radius 2 is 2.10 bits per heavy atom. The van der Waals surface area contributed by atoms with Crippen LogP contribution in [0.3, 0.4) is 0 Å². The van der Waals surface area contributed by atoms with Crippen molar-refractivity contribution < 1.29 is 18.8 Å². The standard InChI is InChI=1S/C12H12FN3O4/c1-12(2,3)20-11(17)15-10-7(6-14-15)8(13)4-5-9(10)16(18)19/h4-6H,1-3H3. The van der Waals surface area contributed by atoms with Gasteiger partial charge in [-0.1, -0.05) is 0 Å². The Labute approximate surface area is 113 Å². The van der Waals surface area contributed by atoms with Gasteiger partial charge in [0.15, 0.2) is 5.52 Å². The highest BCUT2D eigenvalue weighted by Crippen LogP contribution is 2.28. The first kappa shape index (κ1) is 13.9. The maximum atomic E-state index is 13.6. The predicted octanol–water partition coefficient (Wildman–Crippen LogP) is 2.87. The first-order valence-electron chi connectivity index (χ1n) is 5.74. The lowest BCUT2D eigenvalue weighted by Gasteiger charge is -2.19. The van der Waals surface area contributed by atoms with Crippen molar-refractivity contribution in [1.29, 1.82) is 0 Å². The third kappa shape index (κ3) is 2.44. The zero-order valence-electron chi connectivity index (χ0n) is 11.1. The summed E-state index contributed by atoms with van der Waals surface area (Å²) >= 11 is 0. The molecule has 0 aliphatic heterocycles. The van der Waals surface area contributed by atoms with Crippen molar-refractivity contribution in [2.75, 3.05) is 0 Å². The summed E-state index contributed by atoms with van der Waals surface area (Å²) in [5, 5.41) is 14.5. The van der Waals surface area contributed by atoms with Gasteiger partial charge in [-0.3, -0.25) is 10.1 Å². The minimum absolute atomic E-state index is 0.106. The maximum Gasteiger partial charge on any atom is 0.436 e. The van der Waals surface area contributed by atoms with E-state index in [-0.39, 0.29) is 10.9 Å². The normalized spacial score (nSPS) is 11.6. The summed E-state index contributed by atoms with van der Waals surface area (Å²) in [6.45, 7) is 4.93. The number of nitrogens with zero attached hydrogens (tertiary/aromatic N) is 3. The van der Waals surface area contributed by atoms with Gasteiger partial charge < -0.3 is 4.74 Å². The maximum absolute atomic E-state index is 13.6. The first-order chi connectivity index (χ1) is 9.20. The van der Waals surface area contributed by atoms with E-state index in [0.717, 1.165) is 18.3 Å². The van der Waals surface area contributed by atoms with Crippen LogP contribution in [0.1, 0.15) is 20.8 Å². The highest BCUT2D eigenvalue weighted by molar-refractivity contribution is 5.94. The van der Waals surface area contributed by atoms with Crippen LogP contribution in [0.2, 0.25) is 0 Å². The number of carbonyl (C=O) groups excluding carboxylic acids is 1. The van der Waals surface area contributed by atoms with Gasteiger partial charge in [0, 0.05) is 6.07 Å². The Bertz CT molecular complexity index is 703. The minimum Gasteiger partial charge on any atom is -0.442 e. The monoisotopic (exact) mass is 281 g/mol. The Kier molecular flexibility index (Phi) is 3.16. The molecule has 20 heavy (non-hydrogen) atoms. The van der Waals surface area contributed by atoms with Crippen molar-refractivity contribution in [2.45, 2.75) is 26.4 Å². The van der Waals surface area contributed by atoms with E-state index < -0.39 is 28.1 Å². The molecule has 0 aliphatic rings. The number of ether oxygens (including phenoxy) is 1. The van der Waals surface area contributed by atoms with E-state index in [0.29, 0.717) is 4.68 Å². The van der Waals surface area contributed by atoms with Crippen LogP contribution in [-0.2, 0) is 4.74 Å². The van der Waals surface area contributed by atoms with Crippen molar-refractivity contribution in [1.82, 2.24) is 9.78 Å². The second-order valence-corrected chi connectivity index (χ2v) is 5.12. The molecule has 7 nitrogen and oxygen atoms in total. The van der Waals surface area contributed by atoms with Crippen LogP contribution >= 0.6 is 0 Å². The number of non-ortho nitro benzene ring substituents is 1. The van der Waals surface area contributed by atoms with E-state index in [1.54, 1.807) is 20.8 Å². The number of hydrogen-bond donors (Lipinski definition) is 0. The zero-order chi connectivity index (χ0) is 15.1. The van der Waals surface area contributed by atoms with Gasteiger partial charge in [-0.15, -0.1) is 0 Å². The Morgan fingerprint density at radius 1 is 1.45 bits per heavy atom. The third-order valence-corrected chi connectivity index (χ3v) is 2.42. The molecule has 1 heterocycles. The van der Waals surface area contributed by atoms with E-state index in [1.807, 2.05) is 0 Å². The molecule has 1 aromatic heterocycles. The molecule has 0 fully saturated rings. The smallest absolute Gasteiger partial charge is 0.436 e. The summed E-state index contributed by atoms with van der Waals surface area (Å²) in [5.74, 6) is -0.694. The highest BCUT2D eigenvalue weighted by Gasteiger charge is 2.26. The SMILES string of the molecule is CC(C)(C)OC(=O)n1ncc2c(F)ccc([N+](=O)[O-])c21. The number of aromatic nitrogens is 2. The molecular weight excluding hydrogens is 269 g/mol. The lowest BCUT2D eigenvalue weighted by atomic mass is 10.2. The van der Waals surface area contributed by atoms with Crippen molar-refractivity contribution in [2.24, 2.45) is 0 Å². The van der Waals surface area contributed by atoms with Gasteiger partial charge in [0.05, 0.1) is 16.5 Å². The number of nitro benzene ring substituents is 1. The molecule has 0 unspecified atom stereocenters. The van der Waals surface area contributed by atoms with Crippen molar-refractivity contribution in [3.05, 3.63) is 34.3 Å². The number of rotatable bonds is 1. The van der Waals surface area contributed by atoms with Crippen LogP contribution in [0.15, 0.2) is 18.3 Å². The molecule has 1 aromatic carbocycles. The molecule has 106 valence electrons. The van der Waals surface area contributed by atoms with Crippen LogP contribution in [0.5, 0.6) is 0 Å². The number of hydrogen-bond acceptors (Lipinski definition) is 5. The van der Waals surface area contributed by atoms with Gasteiger partial charge in [0.2, 0.25) is 0 Å². The fourth-order valence-electron chi connectivity index (χ4n) is 1.68. The average Bonchev–Trinajstić information content (AvgIpc) is 2.72. The molecule has 8 heteroatoms. The summed E-state index contributed by atoms with van der Waals surface area (Å²) in [7, 11) is 0. The van der Waals surface area contributed by atoms with Crippen LogP contribution in [0.25, 0.3) is 10.9 Å². The zero-order valence-corrected chi connectivity index (χ0v) is 11.1. The summed E-state index contributed by atoms with van der Waals surface area (Å²) < 4.78 is 19.4. The van der Waals surface area contributed by atoms with E-state index in [2.05, 4.69) is 5.10 Å². The number of nitro groups is 1. The Hall–Kier alpha value is -2.51. The van der Waals surface area contributed by atoms with Gasteiger partial charge in [-0.2, -0.15) is 9.78 Å². The Balaban J connectivity index is 2.63. The molecule has 0 saturated carbocycles. The van der Waals surface area contributed by atoms with Gasteiger partial charge in [-0.25, -0.2) is 9.18 Å². The van der Waals surface area contributed by atoms with Crippen molar-refractivity contribution in [3.63, 3.8) is 0 Å². The number of halogens is 1.